The molecule has 3 rings (SSSR count). The summed E-state index contributed by atoms with van der Waals surface area (Å²) < 4.78 is 2.29. The highest BCUT2D eigenvalue weighted by molar-refractivity contribution is 6.09. The molecule has 0 bridgehead atoms. The smallest absolute Gasteiger partial charge is 0.253 e. The van der Waals surface area contributed by atoms with Gasteiger partial charge in [0, 0.05) is 40.8 Å². The molecule has 122 valence electrons. The summed E-state index contributed by atoms with van der Waals surface area (Å²) in [5.41, 5.74) is 3.84. The maximum absolute atomic E-state index is 11.9. The Morgan fingerprint density at radius 1 is 1.04 bits per heavy atom. The van der Waals surface area contributed by atoms with Crippen molar-refractivity contribution in [3.63, 3.8) is 0 Å². The van der Waals surface area contributed by atoms with Crippen LogP contribution in [0.25, 0.3) is 27.9 Å². The van der Waals surface area contributed by atoms with Gasteiger partial charge in [-0.3, -0.25) is 14.9 Å². The molecule has 0 fully saturated rings. The lowest BCUT2D eigenvalue weighted by Crippen LogP contribution is -2.28. The van der Waals surface area contributed by atoms with E-state index in [0.29, 0.717) is 5.57 Å². The van der Waals surface area contributed by atoms with E-state index in [1.807, 2.05) is 18.2 Å². The normalized spacial score (nSPS) is 11.9. The van der Waals surface area contributed by atoms with Crippen molar-refractivity contribution in [2.45, 2.75) is 27.3 Å². The highest BCUT2D eigenvalue weighted by Gasteiger charge is 2.10. The Labute approximate surface area is 140 Å². The van der Waals surface area contributed by atoms with Crippen LogP contribution in [0.4, 0.5) is 0 Å². The van der Waals surface area contributed by atoms with Crippen LogP contribution < -0.4 is 5.32 Å². The molecule has 1 heterocycles. The summed E-state index contributed by atoms with van der Waals surface area (Å²) in [5.74, 6) is -0.715. The van der Waals surface area contributed by atoms with Gasteiger partial charge in [0.1, 0.15) is 0 Å². The van der Waals surface area contributed by atoms with Crippen LogP contribution in [0.3, 0.4) is 0 Å². The molecule has 3 aromatic rings. The molecule has 0 saturated heterocycles. The molecular weight excluding hydrogens is 300 g/mol. The fourth-order valence-corrected chi connectivity index (χ4v) is 3.08. The van der Waals surface area contributed by atoms with Crippen LogP contribution in [0.1, 0.15) is 26.3 Å². The van der Waals surface area contributed by atoms with Crippen LogP contribution in [-0.4, -0.2) is 16.4 Å². The Balaban J connectivity index is 2.10. The molecule has 2 aromatic carbocycles. The van der Waals surface area contributed by atoms with Gasteiger partial charge in [-0.05, 0) is 43.7 Å². The van der Waals surface area contributed by atoms with Crippen LogP contribution >= 0.6 is 0 Å². The zero-order valence-corrected chi connectivity index (χ0v) is 14.1. The maximum atomic E-state index is 11.9. The van der Waals surface area contributed by atoms with Gasteiger partial charge in [-0.2, -0.15) is 0 Å². The topological polar surface area (TPSA) is 51.1 Å². The molecule has 1 aromatic heterocycles. The summed E-state index contributed by atoms with van der Waals surface area (Å²) in [5, 5.41) is 4.66. The van der Waals surface area contributed by atoms with Gasteiger partial charge < -0.3 is 4.57 Å². The van der Waals surface area contributed by atoms with Crippen molar-refractivity contribution in [3.05, 3.63) is 53.6 Å². The molecule has 0 spiro atoms. The average Bonchev–Trinajstić information content (AvgIpc) is 2.87. The fraction of sp³-hybridized carbons (Fsp3) is 0.200. The monoisotopic (exact) mass is 320 g/mol. The van der Waals surface area contributed by atoms with Crippen LogP contribution in [0.2, 0.25) is 0 Å². The Kier molecular flexibility index (Phi) is 4.21. The van der Waals surface area contributed by atoms with Crippen molar-refractivity contribution in [3.8, 4) is 0 Å². The predicted molar refractivity (Wildman–Crippen MR) is 97.6 cm³/mol. The Bertz CT molecular complexity index is 980. The summed E-state index contributed by atoms with van der Waals surface area (Å²) in [6.07, 6.45) is 1.80. The number of amides is 2. The van der Waals surface area contributed by atoms with E-state index in [0.717, 1.165) is 12.1 Å². The lowest BCUT2D eigenvalue weighted by molar-refractivity contribution is -0.127. The van der Waals surface area contributed by atoms with E-state index < -0.39 is 0 Å². The molecule has 0 aliphatic heterocycles. The molecule has 24 heavy (non-hydrogen) atoms. The number of aromatic nitrogens is 1. The van der Waals surface area contributed by atoms with Crippen LogP contribution in [0.5, 0.6) is 0 Å². The molecular formula is C20H20N2O2. The lowest BCUT2D eigenvalue weighted by Gasteiger charge is -2.04. The molecule has 0 atom stereocenters. The number of fused-ring (bicyclic) bond motifs is 3. The van der Waals surface area contributed by atoms with Gasteiger partial charge in [-0.25, -0.2) is 0 Å². The second kappa shape index (κ2) is 6.32. The van der Waals surface area contributed by atoms with Gasteiger partial charge in [-0.15, -0.1) is 0 Å². The van der Waals surface area contributed by atoms with Crippen LogP contribution in [0, 0.1) is 0 Å². The first-order chi connectivity index (χ1) is 11.5. The summed E-state index contributed by atoms with van der Waals surface area (Å²) >= 11 is 0. The van der Waals surface area contributed by atoms with E-state index in [-0.39, 0.29) is 11.8 Å². The quantitative estimate of drug-likeness (QED) is 0.745. The molecule has 4 heteroatoms. The molecule has 0 saturated carbocycles. The molecule has 0 unspecified atom stereocenters. The van der Waals surface area contributed by atoms with E-state index in [1.165, 1.54) is 28.7 Å². The second-order valence-corrected chi connectivity index (χ2v) is 5.88. The van der Waals surface area contributed by atoms with Crippen molar-refractivity contribution in [2.24, 2.45) is 0 Å². The number of carbonyl (C=O) groups excluding carboxylic acids is 2. The number of hydrogen-bond acceptors (Lipinski definition) is 2. The highest BCUT2D eigenvalue weighted by atomic mass is 16.2. The van der Waals surface area contributed by atoms with E-state index in [2.05, 4.69) is 41.1 Å². The fourth-order valence-electron chi connectivity index (χ4n) is 3.08. The van der Waals surface area contributed by atoms with Gasteiger partial charge in [0.2, 0.25) is 5.91 Å². The number of rotatable bonds is 3. The molecule has 0 aliphatic carbocycles. The Morgan fingerprint density at radius 3 is 2.46 bits per heavy atom. The maximum Gasteiger partial charge on any atom is 0.253 e. The molecule has 1 N–H and O–H groups in total. The Morgan fingerprint density at radius 2 is 1.75 bits per heavy atom. The minimum absolute atomic E-state index is 0.353. The van der Waals surface area contributed by atoms with Gasteiger partial charge in [0.15, 0.2) is 0 Å². The SMILES string of the molecule is CCn1c2ccccc2c2cc(/C=C(\C)C(=O)NC(C)=O)ccc21. The van der Waals surface area contributed by atoms with Crippen molar-refractivity contribution < 1.29 is 9.59 Å². The number of nitrogens with zero attached hydrogens (tertiary/aromatic N) is 1. The van der Waals surface area contributed by atoms with Crippen LogP contribution in [0.15, 0.2) is 48.0 Å². The number of nitrogens with one attached hydrogen (secondary N) is 1. The number of hydrogen-bond donors (Lipinski definition) is 1. The third-order valence-corrected chi connectivity index (χ3v) is 4.14. The van der Waals surface area contributed by atoms with Crippen molar-refractivity contribution in [1.29, 1.82) is 0 Å². The van der Waals surface area contributed by atoms with Crippen LogP contribution in [-0.2, 0) is 16.1 Å². The van der Waals surface area contributed by atoms with E-state index in [4.69, 9.17) is 0 Å². The number of carbonyl (C=O) groups is 2. The number of benzene rings is 2. The van der Waals surface area contributed by atoms with Gasteiger partial charge in [-0.1, -0.05) is 24.3 Å². The molecule has 2 amide bonds. The molecule has 0 aliphatic rings. The summed E-state index contributed by atoms with van der Waals surface area (Å²) in [6, 6.07) is 14.5. The largest absolute Gasteiger partial charge is 0.341 e. The zero-order valence-electron chi connectivity index (χ0n) is 14.1. The summed E-state index contributed by atoms with van der Waals surface area (Å²) in [4.78, 5) is 22.9. The van der Waals surface area contributed by atoms with Gasteiger partial charge in [0.25, 0.3) is 5.91 Å². The average molecular weight is 320 g/mol. The van der Waals surface area contributed by atoms with E-state index >= 15 is 0 Å². The summed E-state index contributed by atoms with van der Waals surface area (Å²) in [7, 11) is 0. The first-order valence-corrected chi connectivity index (χ1v) is 8.02. The number of aryl methyl sites for hydroxylation is 1. The number of imide groups is 1. The van der Waals surface area contributed by atoms with Crippen molar-refractivity contribution >= 4 is 39.7 Å². The van der Waals surface area contributed by atoms with Gasteiger partial charge in [0.05, 0.1) is 0 Å². The molecule has 4 nitrogen and oxygen atoms in total. The van der Waals surface area contributed by atoms with Crippen molar-refractivity contribution in [1.82, 2.24) is 9.88 Å². The zero-order chi connectivity index (χ0) is 17.3. The lowest BCUT2D eigenvalue weighted by atomic mass is 10.1. The standard InChI is InChI=1S/C20H20N2O2/c1-4-22-18-8-6-5-7-16(18)17-12-15(9-10-19(17)22)11-13(2)20(24)21-14(3)23/h5-12H,4H2,1-3H3,(H,21,23,24)/b13-11+. The Hall–Kier alpha value is -2.88. The number of para-hydroxylation sites is 1. The summed E-state index contributed by atoms with van der Waals surface area (Å²) in [6.45, 7) is 6.07. The highest BCUT2D eigenvalue weighted by Crippen LogP contribution is 2.30. The predicted octanol–water partition coefficient (Wildman–Crippen LogP) is 3.88. The van der Waals surface area contributed by atoms with E-state index in [9.17, 15) is 9.59 Å². The minimum Gasteiger partial charge on any atom is -0.341 e. The van der Waals surface area contributed by atoms with Crippen molar-refractivity contribution in [2.75, 3.05) is 0 Å². The third kappa shape index (κ3) is 2.83. The van der Waals surface area contributed by atoms with E-state index in [1.54, 1.807) is 13.0 Å². The third-order valence-electron chi connectivity index (χ3n) is 4.14. The second-order valence-electron chi connectivity index (χ2n) is 5.88. The first kappa shape index (κ1) is 16.0. The van der Waals surface area contributed by atoms with Gasteiger partial charge >= 0.3 is 0 Å². The minimum atomic E-state index is -0.362. The first-order valence-electron chi connectivity index (χ1n) is 8.02. The molecule has 0 radical (unpaired) electrons.